The lowest BCUT2D eigenvalue weighted by molar-refractivity contribution is -0.155. The quantitative estimate of drug-likeness (QED) is 0.585. The van der Waals surface area contributed by atoms with Crippen molar-refractivity contribution in [3.05, 3.63) is 0 Å². The van der Waals surface area contributed by atoms with Crippen LogP contribution in [0.1, 0.15) is 19.8 Å². The first kappa shape index (κ1) is 12.9. The molecule has 1 rings (SSSR count). The zero-order valence-corrected chi connectivity index (χ0v) is 9.23. The average molecular weight is 231 g/mol. The molecule has 1 aliphatic heterocycles. The van der Waals surface area contributed by atoms with Crippen LogP contribution in [0.2, 0.25) is 0 Å². The van der Waals surface area contributed by atoms with Crippen LogP contribution in [-0.2, 0) is 14.3 Å². The van der Waals surface area contributed by atoms with E-state index in [1.54, 1.807) is 6.92 Å². The fourth-order valence-electron chi connectivity index (χ4n) is 1.91. The van der Waals surface area contributed by atoms with Crippen molar-refractivity contribution in [3.63, 3.8) is 0 Å². The first-order chi connectivity index (χ1) is 7.53. The number of aliphatic hydroxyl groups excluding tert-OH is 1. The number of aliphatic hydroxyl groups is 1. The summed E-state index contributed by atoms with van der Waals surface area (Å²) in [6, 6.07) is 0. The maximum Gasteiger partial charge on any atom is 0.312 e. The standard InChI is InChI=1S/C10H17NO5/c1-7-10(9(14)15,2-5-16-7)6-8(13)11-3-4-12/h7,12H,2-6H2,1H3,(H,11,13)(H,14,15). The fraction of sp³-hybridized carbons (Fsp3) is 0.800. The monoisotopic (exact) mass is 231 g/mol. The molecule has 1 heterocycles. The van der Waals surface area contributed by atoms with Crippen molar-refractivity contribution in [1.29, 1.82) is 0 Å². The van der Waals surface area contributed by atoms with Gasteiger partial charge in [-0.2, -0.15) is 0 Å². The van der Waals surface area contributed by atoms with Crippen LogP contribution < -0.4 is 5.32 Å². The van der Waals surface area contributed by atoms with Gasteiger partial charge in [-0.05, 0) is 13.3 Å². The Balaban J connectivity index is 2.65. The number of amides is 1. The molecule has 0 spiro atoms. The average Bonchev–Trinajstić information content (AvgIpc) is 2.58. The van der Waals surface area contributed by atoms with Crippen LogP contribution in [-0.4, -0.2) is 48.0 Å². The van der Waals surface area contributed by atoms with Crippen molar-refractivity contribution < 1.29 is 24.5 Å². The molecule has 92 valence electrons. The molecular weight excluding hydrogens is 214 g/mol. The number of carbonyl (C=O) groups excluding carboxylic acids is 1. The first-order valence-corrected chi connectivity index (χ1v) is 5.25. The van der Waals surface area contributed by atoms with Crippen molar-refractivity contribution in [3.8, 4) is 0 Å². The van der Waals surface area contributed by atoms with E-state index >= 15 is 0 Å². The van der Waals surface area contributed by atoms with E-state index in [1.165, 1.54) is 0 Å². The molecule has 0 saturated carbocycles. The summed E-state index contributed by atoms with van der Waals surface area (Å²) in [6.07, 6.45) is -0.232. The topological polar surface area (TPSA) is 95.9 Å². The third kappa shape index (κ3) is 2.51. The van der Waals surface area contributed by atoms with Gasteiger partial charge in [0, 0.05) is 19.6 Å². The summed E-state index contributed by atoms with van der Waals surface area (Å²) in [6.45, 7) is 2.02. The maximum absolute atomic E-state index is 11.5. The van der Waals surface area contributed by atoms with Gasteiger partial charge in [-0.1, -0.05) is 0 Å². The molecule has 1 amide bonds. The first-order valence-electron chi connectivity index (χ1n) is 5.25. The van der Waals surface area contributed by atoms with Gasteiger partial charge in [-0.3, -0.25) is 9.59 Å². The minimum atomic E-state index is -1.13. The normalized spacial score (nSPS) is 29.0. The van der Waals surface area contributed by atoms with Crippen molar-refractivity contribution in [2.45, 2.75) is 25.9 Å². The number of carboxylic acids is 1. The van der Waals surface area contributed by atoms with E-state index in [-0.39, 0.29) is 25.5 Å². The molecule has 1 saturated heterocycles. The smallest absolute Gasteiger partial charge is 0.312 e. The number of hydrogen-bond acceptors (Lipinski definition) is 4. The largest absolute Gasteiger partial charge is 0.481 e. The third-order valence-corrected chi connectivity index (χ3v) is 3.03. The summed E-state index contributed by atoms with van der Waals surface area (Å²) in [5.74, 6) is -1.37. The van der Waals surface area contributed by atoms with Crippen molar-refractivity contribution in [2.24, 2.45) is 5.41 Å². The number of hydrogen-bond donors (Lipinski definition) is 3. The number of nitrogens with one attached hydrogen (secondary N) is 1. The van der Waals surface area contributed by atoms with E-state index < -0.39 is 17.5 Å². The van der Waals surface area contributed by atoms with Crippen LogP contribution in [0.25, 0.3) is 0 Å². The maximum atomic E-state index is 11.5. The van der Waals surface area contributed by atoms with E-state index in [2.05, 4.69) is 5.32 Å². The Morgan fingerprint density at radius 2 is 2.25 bits per heavy atom. The van der Waals surface area contributed by atoms with Crippen LogP contribution in [0, 0.1) is 5.41 Å². The highest BCUT2D eigenvalue weighted by Crippen LogP contribution is 2.38. The molecule has 2 unspecified atom stereocenters. The lowest BCUT2D eigenvalue weighted by atomic mass is 9.78. The van der Waals surface area contributed by atoms with E-state index in [1.807, 2.05) is 0 Å². The highest BCUT2D eigenvalue weighted by atomic mass is 16.5. The zero-order valence-electron chi connectivity index (χ0n) is 9.23. The molecule has 0 aromatic carbocycles. The SMILES string of the molecule is CC1OCCC1(CC(=O)NCCO)C(=O)O. The molecule has 0 aliphatic carbocycles. The molecule has 0 bridgehead atoms. The number of aliphatic carboxylic acids is 1. The summed E-state index contributed by atoms with van der Waals surface area (Å²) in [4.78, 5) is 22.7. The Morgan fingerprint density at radius 3 is 2.69 bits per heavy atom. The summed E-state index contributed by atoms with van der Waals surface area (Å²) >= 11 is 0. The molecule has 1 fully saturated rings. The van der Waals surface area contributed by atoms with Gasteiger partial charge < -0.3 is 20.3 Å². The van der Waals surface area contributed by atoms with Gasteiger partial charge in [-0.15, -0.1) is 0 Å². The molecule has 0 aromatic heterocycles. The molecule has 0 aromatic rings. The van der Waals surface area contributed by atoms with Crippen LogP contribution >= 0.6 is 0 Å². The summed E-state index contributed by atoms with van der Waals surface area (Å²) in [7, 11) is 0. The van der Waals surface area contributed by atoms with Crippen LogP contribution in [0.15, 0.2) is 0 Å². The number of carbonyl (C=O) groups is 2. The molecule has 3 N–H and O–H groups in total. The Labute approximate surface area is 93.6 Å². The van der Waals surface area contributed by atoms with E-state index in [4.69, 9.17) is 9.84 Å². The van der Waals surface area contributed by atoms with Crippen LogP contribution in [0.5, 0.6) is 0 Å². The second-order valence-electron chi connectivity index (χ2n) is 3.97. The number of ether oxygens (including phenoxy) is 1. The van der Waals surface area contributed by atoms with E-state index in [0.717, 1.165) is 0 Å². The van der Waals surface area contributed by atoms with Gasteiger partial charge in [0.1, 0.15) is 5.41 Å². The number of carboxylic acid groups (broad SMARTS) is 1. The predicted molar refractivity (Wildman–Crippen MR) is 54.8 cm³/mol. The Hall–Kier alpha value is -1.14. The minimum absolute atomic E-state index is 0.108. The third-order valence-electron chi connectivity index (χ3n) is 3.03. The van der Waals surface area contributed by atoms with Gasteiger partial charge in [0.25, 0.3) is 0 Å². The Bertz CT molecular complexity index is 280. The second-order valence-corrected chi connectivity index (χ2v) is 3.97. The summed E-state index contributed by atoms with van der Waals surface area (Å²) in [5.41, 5.74) is -1.13. The van der Waals surface area contributed by atoms with Crippen molar-refractivity contribution in [2.75, 3.05) is 19.8 Å². The van der Waals surface area contributed by atoms with Gasteiger partial charge in [0.15, 0.2) is 0 Å². The van der Waals surface area contributed by atoms with E-state index in [0.29, 0.717) is 13.0 Å². The van der Waals surface area contributed by atoms with Gasteiger partial charge in [0.2, 0.25) is 5.91 Å². The Kier molecular flexibility index (Phi) is 4.26. The molecule has 0 radical (unpaired) electrons. The molecule has 16 heavy (non-hydrogen) atoms. The molecule has 6 nitrogen and oxygen atoms in total. The van der Waals surface area contributed by atoms with Gasteiger partial charge in [0.05, 0.1) is 12.7 Å². The molecule has 1 aliphatic rings. The lowest BCUT2D eigenvalue weighted by Crippen LogP contribution is -2.42. The Morgan fingerprint density at radius 1 is 1.56 bits per heavy atom. The summed E-state index contributed by atoms with van der Waals surface area (Å²) in [5, 5.41) is 20.2. The minimum Gasteiger partial charge on any atom is -0.481 e. The second kappa shape index (κ2) is 5.27. The molecular formula is C10H17NO5. The van der Waals surface area contributed by atoms with Crippen molar-refractivity contribution in [1.82, 2.24) is 5.32 Å². The lowest BCUT2D eigenvalue weighted by Gasteiger charge is -2.26. The van der Waals surface area contributed by atoms with Crippen LogP contribution in [0.3, 0.4) is 0 Å². The van der Waals surface area contributed by atoms with E-state index in [9.17, 15) is 14.7 Å². The van der Waals surface area contributed by atoms with Crippen molar-refractivity contribution >= 4 is 11.9 Å². The highest BCUT2D eigenvalue weighted by Gasteiger charge is 2.49. The van der Waals surface area contributed by atoms with Gasteiger partial charge >= 0.3 is 5.97 Å². The fourth-order valence-corrected chi connectivity index (χ4v) is 1.91. The number of rotatable bonds is 5. The highest BCUT2D eigenvalue weighted by molar-refractivity contribution is 5.85. The zero-order chi connectivity index (χ0) is 12.2. The summed E-state index contributed by atoms with van der Waals surface area (Å²) < 4.78 is 5.23. The van der Waals surface area contributed by atoms with Gasteiger partial charge in [-0.25, -0.2) is 0 Å². The predicted octanol–water partition coefficient (Wildman–Crippen LogP) is -0.635. The molecule has 2 atom stereocenters. The molecule has 6 heteroatoms. The van der Waals surface area contributed by atoms with Crippen LogP contribution in [0.4, 0.5) is 0 Å².